The fourth-order valence-corrected chi connectivity index (χ4v) is 2.76. The molecule has 3 nitrogen and oxygen atoms in total. The molecule has 1 aliphatic heterocycles. The molecule has 0 aliphatic carbocycles. The maximum atomic E-state index is 12.0. The first-order chi connectivity index (χ1) is 8.50. The van der Waals surface area contributed by atoms with Crippen LogP contribution in [0.4, 0.5) is 0 Å². The molecular weight excluding hydrogens is 292 g/mol. The van der Waals surface area contributed by atoms with E-state index in [-0.39, 0.29) is 18.0 Å². The van der Waals surface area contributed by atoms with Crippen LogP contribution >= 0.6 is 15.9 Å². The Morgan fingerprint density at radius 1 is 1.28 bits per heavy atom. The fourth-order valence-electron chi connectivity index (χ4n) is 2.49. The van der Waals surface area contributed by atoms with Crippen molar-refractivity contribution in [1.82, 2.24) is 9.80 Å². The summed E-state index contributed by atoms with van der Waals surface area (Å²) in [5.41, 5.74) is 1.25. The molecule has 1 fully saturated rings. The number of benzene rings is 1. The van der Waals surface area contributed by atoms with E-state index in [1.54, 1.807) is 0 Å². The minimum atomic E-state index is -0.0394. The highest BCUT2D eigenvalue weighted by molar-refractivity contribution is 9.10. The second kappa shape index (κ2) is 5.41. The summed E-state index contributed by atoms with van der Waals surface area (Å²) >= 11 is 3.45. The molecule has 1 aliphatic rings. The summed E-state index contributed by atoms with van der Waals surface area (Å²) in [6.45, 7) is 5.90. The van der Waals surface area contributed by atoms with Crippen molar-refractivity contribution in [2.75, 3.05) is 20.1 Å². The summed E-state index contributed by atoms with van der Waals surface area (Å²) in [5.74, 6) is 0.213. The van der Waals surface area contributed by atoms with Crippen molar-refractivity contribution in [3.8, 4) is 0 Å². The van der Waals surface area contributed by atoms with Crippen molar-refractivity contribution in [3.05, 3.63) is 34.3 Å². The largest absolute Gasteiger partial charge is 0.343 e. The molecule has 0 N–H and O–H groups in total. The Morgan fingerprint density at radius 3 is 2.50 bits per heavy atom. The van der Waals surface area contributed by atoms with Crippen LogP contribution < -0.4 is 0 Å². The van der Waals surface area contributed by atoms with Gasteiger partial charge in [0.25, 0.3) is 0 Å². The molecule has 1 aromatic carbocycles. The van der Waals surface area contributed by atoms with Crippen molar-refractivity contribution in [3.63, 3.8) is 0 Å². The number of nitrogens with zero attached hydrogens (tertiary/aromatic N) is 2. The summed E-state index contributed by atoms with van der Waals surface area (Å²) in [5, 5.41) is 0. The predicted octanol–water partition coefficient (Wildman–Crippen LogP) is 2.67. The number of amides is 1. The highest BCUT2D eigenvalue weighted by Gasteiger charge is 2.32. The Hall–Kier alpha value is -0.870. The number of hydrogen-bond acceptors (Lipinski definition) is 2. The minimum absolute atomic E-state index is 0.0394. The lowest BCUT2D eigenvalue weighted by atomic mass is 10.0. The maximum absolute atomic E-state index is 12.0. The van der Waals surface area contributed by atoms with Gasteiger partial charge in [0.05, 0.1) is 6.04 Å². The van der Waals surface area contributed by atoms with Crippen LogP contribution in [0.25, 0.3) is 0 Å². The van der Waals surface area contributed by atoms with Gasteiger partial charge in [-0.15, -0.1) is 0 Å². The third-order valence-corrected chi connectivity index (χ3v) is 4.30. The monoisotopic (exact) mass is 310 g/mol. The zero-order chi connectivity index (χ0) is 13.3. The third kappa shape index (κ3) is 2.59. The van der Waals surface area contributed by atoms with Crippen LogP contribution in [-0.4, -0.2) is 41.9 Å². The summed E-state index contributed by atoms with van der Waals surface area (Å²) < 4.78 is 1.08. The second-order valence-corrected chi connectivity index (χ2v) is 5.82. The molecule has 98 valence electrons. The van der Waals surface area contributed by atoms with Gasteiger partial charge in [0.2, 0.25) is 5.91 Å². The molecule has 18 heavy (non-hydrogen) atoms. The first-order valence-corrected chi connectivity index (χ1v) is 7.06. The lowest BCUT2D eigenvalue weighted by Crippen LogP contribution is -2.54. The lowest BCUT2D eigenvalue weighted by Gasteiger charge is -2.41. The Morgan fingerprint density at radius 2 is 1.89 bits per heavy atom. The Kier molecular flexibility index (Phi) is 4.07. The summed E-state index contributed by atoms with van der Waals surface area (Å²) in [7, 11) is 1.88. The van der Waals surface area contributed by atoms with Crippen molar-refractivity contribution in [2.45, 2.75) is 25.9 Å². The van der Waals surface area contributed by atoms with Gasteiger partial charge < -0.3 is 4.90 Å². The van der Waals surface area contributed by atoms with Crippen molar-refractivity contribution in [2.24, 2.45) is 0 Å². The van der Waals surface area contributed by atoms with Crippen LogP contribution in [0.1, 0.15) is 25.5 Å². The predicted molar refractivity (Wildman–Crippen MR) is 76.4 cm³/mol. The molecule has 4 heteroatoms. The van der Waals surface area contributed by atoms with Crippen LogP contribution in [0, 0.1) is 0 Å². The zero-order valence-electron chi connectivity index (χ0n) is 11.1. The number of piperazine rings is 1. The van der Waals surface area contributed by atoms with Crippen LogP contribution in [0.3, 0.4) is 0 Å². The Bertz CT molecular complexity index is 432. The highest BCUT2D eigenvalue weighted by Crippen LogP contribution is 2.26. The van der Waals surface area contributed by atoms with E-state index in [1.807, 2.05) is 31.0 Å². The van der Waals surface area contributed by atoms with E-state index >= 15 is 0 Å². The number of likely N-dealkylation sites (N-methyl/N-ethyl adjacent to an activating group) is 1. The van der Waals surface area contributed by atoms with E-state index in [9.17, 15) is 4.79 Å². The van der Waals surface area contributed by atoms with E-state index in [0.717, 1.165) is 17.6 Å². The van der Waals surface area contributed by atoms with E-state index in [2.05, 4.69) is 39.9 Å². The molecule has 0 spiro atoms. The van der Waals surface area contributed by atoms with Gasteiger partial charge in [-0.3, -0.25) is 9.69 Å². The SMILES string of the molecule is CC1C(=O)N(C)CCN1C(C)c1ccc(Br)cc1. The van der Waals surface area contributed by atoms with Crippen molar-refractivity contribution < 1.29 is 4.79 Å². The molecule has 1 aromatic rings. The molecule has 0 saturated carbocycles. The quantitative estimate of drug-likeness (QED) is 0.838. The fraction of sp³-hybridized carbons (Fsp3) is 0.500. The smallest absolute Gasteiger partial charge is 0.239 e. The summed E-state index contributed by atoms with van der Waals surface area (Å²) in [4.78, 5) is 16.1. The molecular formula is C14H19BrN2O. The number of carbonyl (C=O) groups excluding carboxylic acids is 1. The van der Waals surface area contributed by atoms with Gasteiger partial charge >= 0.3 is 0 Å². The average Bonchev–Trinajstić information content (AvgIpc) is 2.36. The minimum Gasteiger partial charge on any atom is -0.343 e. The van der Waals surface area contributed by atoms with E-state index in [1.165, 1.54) is 5.56 Å². The molecule has 2 rings (SSSR count). The Labute approximate surface area is 117 Å². The second-order valence-electron chi connectivity index (χ2n) is 4.90. The van der Waals surface area contributed by atoms with Crippen LogP contribution in [0.5, 0.6) is 0 Å². The molecule has 2 unspecified atom stereocenters. The average molecular weight is 311 g/mol. The summed E-state index contributed by atoms with van der Waals surface area (Å²) in [6, 6.07) is 8.56. The van der Waals surface area contributed by atoms with Crippen LogP contribution in [-0.2, 0) is 4.79 Å². The van der Waals surface area contributed by atoms with Crippen LogP contribution in [0.15, 0.2) is 28.7 Å². The van der Waals surface area contributed by atoms with Gasteiger partial charge in [-0.05, 0) is 31.5 Å². The zero-order valence-corrected chi connectivity index (χ0v) is 12.6. The van der Waals surface area contributed by atoms with Gasteiger partial charge in [-0.2, -0.15) is 0 Å². The standard InChI is InChI=1S/C14H19BrN2O/c1-10(12-4-6-13(15)7-5-12)17-9-8-16(3)14(18)11(17)2/h4-7,10-11H,8-9H2,1-3H3. The number of rotatable bonds is 2. The third-order valence-electron chi connectivity index (χ3n) is 3.77. The van der Waals surface area contributed by atoms with Gasteiger partial charge in [-0.1, -0.05) is 28.1 Å². The number of hydrogen-bond donors (Lipinski definition) is 0. The summed E-state index contributed by atoms with van der Waals surface area (Å²) in [6.07, 6.45) is 0. The van der Waals surface area contributed by atoms with E-state index in [4.69, 9.17) is 0 Å². The lowest BCUT2D eigenvalue weighted by molar-refractivity contribution is -0.140. The molecule has 1 heterocycles. The number of carbonyl (C=O) groups is 1. The van der Waals surface area contributed by atoms with Gasteiger partial charge in [0.15, 0.2) is 0 Å². The van der Waals surface area contributed by atoms with Gasteiger partial charge in [0, 0.05) is 30.7 Å². The maximum Gasteiger partial charge on any atom is 0.239 e. The Balaban J connectivity index is 2.16. The normalized spacial score (nSPS) is 23.2. The molecule has 0 bridgehead atoms. The highest BCUT2D eigenvalue weighted by atomic mass is 79.9. The molecule has 1 saturated heterocycles. The van der Waals surface area contributed by atoms with E-state index in [0.29, 0.717) is 0 Å². The van der Waals surface area contributed by atoms with Gasteiger partial charge in [-0.25, -0.2) is 0 Å². The molecule has 0 radical (unpaired) electrons. The van der Waals surface area contributed by atoms with Gasteiger partial charge in [0.1, 0.15) is 0 Å². The molecule has 1 amide bonds. The first-order valence-electron chi connectivity index (χ1n) is 6.27. The van der Waals surface area contributed by atoms with Crippen LogP contribution in [0.2, 0.25) is 0 Å². The first kappa shape index (κ1) is 13.6. The molecule has 0 aromatic heterocycles. The van der Waals surface area contributed by atoms with E-state index < -0.39 is 0 Å². The number of halogens is 1. The van der Waals surface area contributed by atoms with Crippen molar-refractivity contribution >= 4 is 21.8 Å². The van der Waals surface area contributed by atoms with Crippen molar-refractivity contribution in [1.29, 1.82) is 0 Å². The topological polar surface area (TPSA) is 23.6 Å². The molecule has 2 atom stereocenters.